The Morgan fingerprint density at radius 3 is 2.47 bits per heavy atom. The van der Waals surface area contributed by atoms with E-state index in [4.69, 9.17) is 28.5 Å². The highest BCUT2D eigenvalue weighted by molar-refractivity contribution is 6.35. The van der Waals surface area contributed by atoms with Crippen LogP contribution in [0.5, 0.6) is 0 Å². The average Bonchev–Trinajstić information content (AvgIpc) is 3.25. The minimum atomic E-state index is -0.240. The number of aryl methyl sites for hydroxylation is 1. The van der Waals surface area contributed by atoms with Gasteiger partial charge >= 0.3 is 0 Å². The summed E-state index contributed by atoms with van der Waals surface area (Å²) in [7, 11) is 0. The Labute approximate surface area is 194 Å². The molecule has 158 valence electrons. The summed E-state index contributed by atoms with van der Waals surface area (Å²) < 4.78 is 0. The van der Waals surface area contributed by atoms with E-state index in [-0.39, 0.29) is 12.5 Å². The Balaban J connectivity index is 1.69. The molecule has 0 spiro atoms. The van der Waals surface area contributed by atoms with E-state index in [1.807, 2.05) is 6.92 Å². The summed E-state index contributed by atoms with van der Waals surface area (Å²) in [6.45, 7) is 1.97. The average molecular weight is 463 g/mol. The first-order chi connectivity index (χ1) is 15.4. The lowest BCUT2D eigenvalue weighted by molar-refractivity contribution is 0.0984. The van der Waals surface area contributed by atoms with Crippen LogP contribution in [0.1, 0.15) is 27.2 Å². The third kappa shape index (κ3) is 4.62. The molecule has 0 radical (unpaired) electrons. The number of pyridine rings is 1. The molecule has 2 aromatic heterocycles. The summed E-state index contributed by atoms with van der Waals surface area (Å²) >= 11 is 12.4. The van der Waals surface area contributed by atoms with Gasteiger partial charge in [0.15, 0.2) is 0 Å². The monoisotopic (exact) mass is 462 g/mol. The van der Waals surface area contributed by atoms with Crippen LogP contribution in [0.15, 0.2) is 67.1 Å². The molecular formula is C23H16Cl2N6O. The van der Waals surface area contributed by atoms with Crippen molar-refractivity contribution in [1.82, 2.24) is 20.0 Å². The van der Waals surface area contributed by atoms with Crippen LogP contribution in [0.4, 0.5) is 5.69 Å². The predicted octanol–water partition coefficient (Wildman–Crippen LogP) is 5.00. The van der Waals surface area contributed by atoms with Crippen LogP contribution < -0.4 is 4.90 Å². The van der Waals surface area contributed by atoms with Crippen LogP contribution >= 0.6 is 23.2 Å². The van der Waals surface area contributed by atoms with E-state index in [0.717, 1.165) is 5.56 Å². The van der Waals surface area contributed by atoms with Gasteiger partial charge in [0.25, 0.3) is 5.91 Å². The first kappa shape index (κ1) is 21.5. The molecule has 4 aromatic rings. The molecule has 0 N–H and O–H groups in total. The van der Waals surface area contributed by atoms with Crippen LogP contribution in [-0.4, -0.2) is 25.9 Å². The number of carbonyl (C=O) groups excluding carboxylic acids is 1. The highest BCUT2D eigenvalue weighted by atomic mass is 35.5. The second-order valence-electron chi connectivity index (χ2n) is 6.99. The second kappa shape index (κ2) is 9.18. The Kier molecular flexibility index (Phi) is 6.17. The van der Waals surface area contributed by atoms with Crippen molar-refractivity contribution in [3.05, 3.63) is 99.6 Å². The maximum absolute atomic E-state index is 13.5. The van der Waals surface area contributed by atoms with Crippen LogP contribution in [0.25, 0.3) is 5.69 Å². The Bertz CT molecular complexity index is 1310. The smallest absolute Gasteiger partial charge is 0.259 e. The third-order valence-corrected chi connectivity index (χ3v) is 5.18. The van der Waals surface area contributed by atoms with Crippen molar-refractivity contribution in [1.29, 1.82) is 5.26 Å². The summed E-state index contributed by atoms with van der Waals surface area (Å²) in [5.74, 6) is -0.240. The van der Waals surface area contributed by atoms with Crippen molar-refractivity contribution in [3.8, 4) is 11.8 Å². The number of amides is 1. The minimum Gasteiger partial charge on any atom is -0.302 e. The molecule has 1 amide bonds. The van der Waals surface area contributed by atoms with Crippen molar-refractivity contribution < 1.29 is 4.79 Å². The molecule has 2 heterocycles. The largest absolute Gasteiger partial charge is 0.302 e. The van der Waals surface area contributed by atoms with Crippen molar-refractivity contribution in [2.75, 3.05) is 4.90 Å². The predicted molar refractivity (Wildman–Crippen MR) is 122 cm³/mol. The lowest BCUT2D eigenvalue weighted by Crippen LogP contribution is -2.31. The number of carbonyl (C=O) groups is 1. The number of nitrogens with zero attached hydrogens (tertiary/aromatic N) is 6. The van der Waals surface area contributed by atoms with Gasteiger partial charge in [0.05, 0.1) is 30.1 Å². The summed E-state index contributed by atoms with van der Waals surface area (Å²) in [5, 5.41) is 18.6. The number of anilines is 1. The summed E-state index contributed by atoms with van der Waals surface area (Å²) in [5.41, 5.74) is 3.60. The zero-order chi connectivity index (χ0) is 22.7. The van der Waals surface area contributed by atoms with E-state index in [1.165, 1.54) is 4.80 Å². The fourth-order valence-electron chi connectivity index (χ4n) is 3.16. The SMILES string of the molecule is Cc1cnccc1C(=O)N(Cc1cnn(-c2ccc(C#N)cc2)n1)c1cc(Cl)cc(Cl)c1. The molecular weight excluding hydrogens is 447 g/mol. The van der Waals surface area contributed by atoms with Gasteiger partial charge in [0, 0.05) is 33.7 Å². The maximum Gasteiger partial charge on any atom is 0.259 e. The van der Waals surface area contributed by atoms with Crippen molar-refractivity contribution >= 4 is 34.8 Å². The molecule has 0 saturated carbocycles. The number of halogens is 2. The Morgan fingerprint density at radius 1 is 1.09 bits per heavy atom. The fourth-order valence-corrected chi connectivity index (χ4v) is 3.67. The van der Waals surface area contributed by atoms with Crippen molar-refractivity contribution in [2.24, 2.45) is 0 Å². The molecule has 0 saturated heterocycles. The van der Waals surface area contributed by atoms with E-state index in [2.05, 4.69) is 21.3 Å². The molecule has 2 aromatic carbocycles. The Hall–Kier alpha value is -3.73. The highest BCUT2D eigenvalue weighted by Gasteiger charge is 2.22. The van der Waals surface area contributed by atoms with Gasteiger partial charge < -0.3 is 4.90 Å². The van der Waals surface area contributed by atoms with Gasteiger partial charge in [-0.15, -0.1) is 0 Å². The normalized spacial score (nSPS) is 10.6. The van der Waals surface area contributed by atoms with Crippen molar-refractivity contribution in [3.63, 3.8) is 0 Å². The number of nitriles is 1. The number of hydrogen-bond acceptors (Lipinski definition) is 5. The highest BCUT2D eigenvalue weighted by Crippen LogP contribution is 2.28. The molecule has 32 heavy (non-hydrogen) atoms. The van der Waals surface area contributed by atoms with Gasteiger partial charge in [-0.3, -0.25) is 9.78 Å². The number of aromatic nitrogens is 4. The van der Waals surface area contributed by atoms with E-state index in [0.29, 0.717) is 38.2 Å². The molecule has 0 aliphatic rings. The van der Waals surface area contributed by atoms with Gasteiger partial charge in [-0.1, -0.05) is 23.2 Å². The molecule has 0 unspecified atom stereocenters. The molecule has 7 nitrogen and oxygen atoms in total. The van der Waals surface area contributed by atoms with Gasteiger partial charge in [-0.2, -0.15) is 20.3 Å². The molecule has 0 aliphatic heterocycles. The second-order valence-corrected chi connectivity index (χ2v) is 7.87. The van der Waals surface area contributed by atoms with E-state index in [9.17, 15) is 4.79 Å². The van der Waals surface area contributed by atoms with Crippen LogP contribution in [0.3, 0.4) is 0 Å². The third-order valence-electron chi connectivity index (χ3n) is 4.74. The topological polar surface area (TPSA) is 87.7 Å². The van der Waals surface area contributed by atoms with Crippen LogP contribution in [-0.2, 0) is 6.54 Å². The lowest BCUT2D eigenvalue weighted by Gasteiger charge is -2.23. The molecule has 0 atom stereocenters. The minimum absolute atomic E-state index is 0.146. The fraction of sp³-hybridized carbons (Fsp3) is 0.0870. The number of rotatable bonds is 5. The summed E-state index contributed by atoms with van der Waals surface area (Å²) in [6, 6.07) is 15.6. The zero-order valence-corrected chi connectivity index (χ0v) is 18.4. The standard InChI is InChI=1S/C23H16Cl2N6O/c1-15-12-27-7-6-22(15)23(32)30(21-9-17(24)8-18(25)10-21)14-19-13-28-31(29-19)20-4-2-16(11-26)3-5-20/h2-10,12-13H,14H2,1H3. The summed E-state index contributed by atoms with van der Waals surface area (Å²) in [6.07, 6.45) is 4.80. The molecule has 0 fully saturated rings. The molecule has 4 rings (SSSR count). The van der Waals surface area contributed by atoms with Gasteiger partial charge in [-0.05, 0) is 61.0 Å². The van der Waals surface area contributed by atoms with Gasteiger partial charge in [-0.25, -0.2) is 0 Å². The van der Waals surface area contributed by atoms with E-state index < -0.39 is 0 Å². The van der Waals surface area contributed by atoms with E-state index >= 15 is 0 Å². The number of benzene rings is 2. The van der Waals surface area contributed by atoms with Crippen LogP contribution in [0.2, 0.25) is 10.0 Å². The summed E-state index contributed by atoms with van der Waals surface area (Å²) in [4.78, 5) is 20.5. The molecule has 0 bridgehead atoms. The van der Waals surface area contributed by atoms with E-state index in [1.54, 1.807) is 72.0 Å². The quantitative estimate of drug-likeness (QED) is 0.416. The lowest BCUT2D eigenvalue weighted by atomic mass is 10.1. The van der Waals surface area contributed by atoms with Gasteiger partial charge in [0.1, 0.15) is 5.69 Å². The molecule has 0 aliphatic carbocycles. The Morgan fingerprint density at radius 2 is 1.81 bits per heavy atom. The first-order valence-corrected chi connectivity index (χ1v) is 10.3. The molecule has 9 heteroatoms. The zero-order valence-electron chi connectivity index (χ0n) is 16.9. The number of hydrogen-bond donors (Lipinski definition) is 0. The van der Waals surface area contributed by atoms with Crippen molar-refractivity contribution in [2.45, 2.75) is 13.5 Å². The first-order valence-electron chi connectivity index (χ1n) is 9.55. The van der Waals surface area contributed by atoms with Gasteiger partial charge in [0.2, 0.25) is 0 Å². The van der Waals surface area contributed by atoms with Crippen LogP contribution in [0, 0.1) is 18.3 Å². The maximum atomic E-state index is 13.5.